The van der Waals surface area contributed by atoms with Crippen molar-refractivity contribution in [2.75, 3.05) is 6.54 Å². The Morgan fingerprint density at radius 2 is 2.00 bits per heavy atom. The van der Waals surface area contributed by atoms with Crippen molar-refractivity contribution in [2.45, 2.75) is 71.8 Å². The lowest BCUT2D eigenvalue weighted by molar-refractivity contribution is 0.167. The largest absolute Gasteiger partial charge is 0.332 e. The summed E-state index contributed by atoms with van der Waals surface area (Å²) in [4.78, 5) is 6.82. The van der Waals surface area contributed by atoms with Crippen molar-refractivity contribution in [2.24, 2.45) is 0 Å². The van der Waals surface area contributed by atoms with E-state index < -0.39 is 0 Å². The van der Waals surface area contributed by atoms with Crippen LogP contribution < -0.4 is 5.32 Å². The average molecular weight is 264 g/mol. The lowest BCUT2D eigenvalue weighted by Gasteiger charge is -2.30. The summed E-state index contributed by atoms with van der Waals surface area (Å²) in [7, 11) is 0. The Labute approximate surface area is 117 Å². The molecule has 0 aliphatic heterocycles. The van der Waals surface area contributed by atoms with Crippen LogP contribution >= 0.6 is 0 Å². The Morgan fingerprint density at radius 3 is 2.58 bits per heavy atom. The van der Waals surface area contributed by atoms with Crippen LogP contribution in [0.4, 0.5) is 0 Å². The van der Waals surface area contributed by atoms with E-state index in [0.717, 1.165) is 25.7 Å². The van der Waals surface area contributed by atoms with Crippen LogP contribution in [0.1, 0.15) is 46.2 Å². The molecule has 0 aromatic carbocycles. The van der Waals surface area contributed by atoms with Crippen molar-refractivity contribution in [3.63, 3.8) is 0 Å². The molecule has 1 aromatic heterocycles. The SMILES string of the molecule is CC(C)N(CCn1cncc1CNC1CC1)C(C)C. The molecule has 0 spiro atoms. The molecule has 1 heterocycles. The third kappa shape index (κ3) is 4.32. The van der Waals surface area contributed by atoms with E-state index in [0.29, 0.717) is 12.1 Å². The number of imidazole rings is 1. The van der Waals surface area contributed by atoms with Gasteiger partial charge in [0.25, 0.3) is 0 Å². The van der Waals surface area contributed by atoms with E-state index in [-0.39, 0.29) is 0 Å². The molecule has 0 amide bonds. The van der Waals surface area contributed by atoms with Gasteiger partial charge in [-0.2, -0.15) is 0 Å². The van der Waals surface area contributed by atoms with Gasteiger partial charge < -0.3 is 9.88 Å². The predicted molar refractivity (Wildman–Crippen MR) is 79.1 cm³/mol. The molecule has 108 valence electrons. The fourth-order valence-corrected chi connectivity index (χ4v) is 2.57. The molecule has 1 saturated carbocycles. The average Bonchev–Trinajstić information content (AvgIpc) is 3.06. The van der Waals surface area contributed by atoms with Crippen molar-refractivity contribution in [1.29, 1.82) is 0 Å². The zero-order valence-corrected chi connectivity index (χ0v) is 12.8. The molecule has 0 atom stereocenters. The number of nitrogens with one attached hydrogen (secondary N) is 1. The first-order chi connectivity index (χ1) is 9.08. The van der Waals surface area contributed by atoms with Gasteiger partial charge in [-0.3, -0.25) is 4.90 Å². The topological polar surface area (TPSA) is 33.1 Å². The van der Waals surface area contributed by atoms with Gasteiger partial charge in [-0.15, -0.1) is 0 Å². The van der Waals surface area contributed by atoms with Crippen LogP contribution in [0, 0.1) is 0 Å². The highest BCUT2D eigenvalue weighted by Gasteiger charge is 2.20. The van der Waals surface area contributed by atoms with Gasteiger partial charge in [0.2, 0.25) is 0 Å². The number of rotatable bonds is 8. The van der Waals surface area contributed by atoms with E-state index in [2.05, 4.69) is 47.5 Å². The van der Waals surface area contributed by atoms with E-state index in [4.69, 9.17) is 0 Å². The minimum absolute atomic E-state index is 0.594. The van der Waals surface area contributed by atoms with E-state index in [1.807, 2.05) is 12.5 Å². The number of hydrogen-bond acceptors (Lipinski definition) is 3. The minimum atomic E-state index is 0.594. The monoisotopic (exact) mass is 264 g/mol. The molecular formula is C15H28N4. The molecule has 0 unspecified atom stereocenters. The van der Waals surface area contributed by atoms with Gasteiger partial charge in [0.05, 0.1) is 12.0 Å². The van der Waals surface area contributed by atoms with E-state index in [1.54, 1.807) is 0 Å². The Morgan fingerprint density at radius 1 is 1.32 bits per heavy atom. The normalized spacial score (nSPS) is 15.9. The van der Waals surface area contributed by atoms with Crippen molar-refractivity contribution in [3.8, 4) is 0 Å². The van der Waals surface area contributed by atoms with Gasteiger partial charge in [-0.1, -0.05) is 0 Å². The number of nitrogens with zero attached hydrogens (tertiary/aromatic N) is 3. The fraction of sp³-hybridized carbons (Fsp3) is 0.800. The molecule has 4 heteroatoms. The van der Waals surface area contributed by atoms with E-state index >= 15 is 0 Å². The quantitative estimate of drug-likeness (QED) is 0.782. The van der Waals surface area contributed by atoms with Crippen LogP contribution in [-0.2, 0) is 13.1 Å². The van der Waals surface area contributed by atoms with Gasteiger partial charge in [-0.05, 0) is 40.5 Å². The number of hydrogen-bond donors (Lipinski definition) is 1. The molecule has 1 aliphatic rings. The Balaban J connectivity index is 1.85. The zero-order chi connectivity index (χ0) is 13.8. The highest BCUT2D eigenvalue weighted by atomic mass is 15.2. The summed E-state index contributed by atoms with van der Waals surface area (Å²) in [6.45, 7) is 12.1. The van der Waals surface area contributed by atoms with E-state index in [1.165, 1.54) is 18.5 Å². The summed E-state index contributed by atoms with van der Waals surface area (Å²) in [5.41, 5.74) is 1.30. The summed E-state index contributed by atoms with van der Waals surface area (Å²) >= 11 is 0. The second-order valence-corrected chi connectivity index (χ2v) is 6.16. The number of aromatic nitrogens is 2. The van der Waals surface area contributed by atoms with Gasteiger partial charge in [0.15, 0.2) is 0 Å². The fourth-order valence-electron chi connectivity index (χ4n) is 2.57. The predicted octanol–water partition coefficient (Wildman–Crippen LogP) is 2.25. The summed E-state index contributed by atoms with van der Waals surface area (Å²) < 4.78 is 2.28. The third-order valence-electron chi connectivity index (χ3n) is 3.87. The zero-order valence-electron chi connectivity index (χ0n) is 12.8. The summed E-state index contributed by atoms with van der Waals surface area (Å²) in [6, 6.07) is 1.94. The van der Waals surface area contributed by atoms with Crippen molar-refractivity contribution < 1.29 is 0 Å². The van der Waals surface area contributed by atoms with E-state index in [9.17, 15) is 0 Å². The molecule has 0 radical (unpaired) electrons. The first-order valence-corrected chi connectivity index (χ1v) is 7.56. The first-order valence-electron chi connectivity index (χ1n) is 7.56. The maximum Gasteiger partial charge on any atom is 0.0949 e. The van der Waals surface area contributed by atoms with Crippen LogP contribution in [0.15, 0.2) is 12.5 Å². The second-order valence-electron chi connectivity index (χ2n) is 6.16. The van der Waals surface area contributed by atoms with Crippen molar-refractivity contribution in [3.05, 3.63) is 18.2 Å². The maximum atomic E-state index is 4.29. The highest BCUT2D eigenvalue weighted by molar-refractivity contribution is 4.99. The lowest BCUT2D eigenvalue weighted by atomic mass is 10.2. The van der Waals surface area contributed by atoms with Gasteiger partial charge in [0.1, 0.15) is 0 Å². The smallest absolute Gasteiger partial charge is 0.0949 e. The maximum absolute atomic E-state index is 4.29. The highest BCUT2D eigenvalue weighted by Crippen LogP contribution is 2.19. The minimum Gasteiger partial charge on any atom is -0.332 e. The van der Waals surface area contributed by atoms with Crippen LogP contribution in [0.3, 0.4) is 0 Å². The van der Waals surface area contributed by atoms with Gasteiger partial charge >= 0.3 is 0 Å². The molecule has 2 rings (SSSR count). The molecule has 19 heavy (non-hydrogen) atoms. The standard InChI is InChI=1S/C15H28N4/c1-12(2)19(13(3)4)8-7-18-11-16-9-15(18)10-17-14-5-6-14/h9,11-14,17H,5-8,10H2,1-4H3. The first kappa shape index (κ1) is 14.5. The molecule has 1 N–H and O–H groups in total. The molecule has 1 aliphatic carbocycles. The summed E-state index contributed by atoms with van der Waals surface area (Å²) in [5.74, 6) is 0. The second kappa shape index (κ2) is 6.53. The molecule has 4 nitrogen and oxygen atoms in total. The lowest BCUT2D eigenvalue weighted by Crippen LogP contribution is -2.39. The van der Waals surface area contributed by atoms with Gasteiger partial charge in [0, 0.05) is 44.0 Å². The molecule has 0 saturated heterocycles. The Hall–Kier alpha value is -0.870. The summed E-state index contributed by atoms with van der Waals surface area (Å²) in [5, 5.41) is 3.56. The third-order valence-corrected chi connectivity index (χ3v) is 3.87. The summed E-state index contributed by atoms with van der Waals surface area (Å²) in [6.07, 6.45) is 6.62. The molecule has 0 bridgehead atoms. The Bertz CT molecular complexity index is 371. The van der Waals surface area contributed by atoms with Gasteiger partial charge in [-0.25, -0.2) is 4.98 Å². The molecule has 1 aromatic rings. The van der Waals surface area contributed by atoms with Crippen LogP contribution in [0.25, 0.3) is 0 Å². The molecular weight excluding hydrogens is 236 g/mol. The van der Waals surface area contributed by atoms with Crippen molar-refractivity contribution >= 4 is 0 Å². The Kier molecular flexibility index (Phi) is 4.99. The van der Waals surface area contributed by atoms with Crippen LogP contribution in [0.2, 0.25) is 0 Å². The van der Waals surface area contributed by atoms with Crippen LogP contribution in [0.5, 0.6) is 0 Å². The molecule has 1 fully saturated rings. The van der Waals surface area contributed by atoms with Crippen LogP contribution in [-0.4, -0.2) is 39.1 Å². The van der Waals surface area contributed by atoms with Crippen molar-refractivity contribution in [1.82, 2.24) is 19.8 Å².